The number of anilines is 1. The maximum atomic E-state index is 12.1. The van der Waals surface area contributed by atoms with Gasteiger partial charge < -0.3 is 5.32 Å². The standard InChI is InChI=1S/C18H17ClN4OS/c1-12-20-18(23-22-12)14-5-3-7-16(9-14)21-17(24)11-25-10-13-4-2-6-15(19)8-13/h2-9H,10-11H2,1H3,(H,21,24)(H,20,22,23). The topological polar surface area (TPSA) is 70.7 Å². The Balaban J connectivity index is 1.54. The van der Waals surface area contributed by atoms with Gasteiger partial charge in [0, 0.05) is 22.0 Å². The summed E-state index contributed by atoms with van der Waals surface area (Å²) in [6.07, 6.45) is 0. The molecule has 128 valence electrons. The lowest BCUT2D eigenvalue weighted by molar-refractivity contribution is -0.113. The van der Waals surface area contributed by atoms with Gasteiger partial charge in [0.15, 0.2) is 5.82 Å². The monoisotopic (exact) mass is 372 g/mol. The van der Waals surface area contributed by atoms with Gasteiger partial charge in [0.05, 0.1) is 5.75 Å². The van der Waals surface area contributed by atoms with Crippen molar-refractivity contribution in [3.63, 3.8) is 0 Å². The Hall–Kier alpha value is -2.31. The molecule has 0 aliphatic carbocycles. The van der Waals surface area contributed by atoms with E-state index < -0.39 is 0 Å². The number of hydrogen-bond acceptors (Lipinski definition) is 4. The fraction of sp³-hybridized carbons (Fsp3) is 0.167. The number of nitrogens with zero attached hydrogens (tertiary/aromatic N) is 2. The number of H-pyrrole nitrogens is 1. The molecule has 2 N–H and O–H groups in total. The van der Waals surface area contributed by atoms with Gasteiger partial charge in [-0.15, -0.1) is 11.8 Å². The Morgan fingerprint density at radius 2 is 2.08 bits per heavy atom. The van der Waals surface area contributed by atoms with Crippen LogP contribution in [0.15, 0.2) is 48.5 Å². The van der Waals surface area contributed by atoms with Crippen molar-refractivity contribution in [1.82, 2.24) is 15.2 Å². The third kappa shape index (κ3) is 5.08. The van der Waals surface area contributed by atoms with Crippen molar-refractivity contribution in [2.24, 2.45) is 0 Å². The zero-order chi connectivity index (χ0) is 17.6. The molecule has 7 heteroatoms. The average Bonchev–Trinajstić information content (AvgIpc) is 3.02. The number of carbonyl (C=O) groups is 1. The van der Waals surface area contributed by atoms with E-state index in [1.54, 1.807) is 11.8 Å². The molecule has 0 fully saturated rings. The molecular weight excluding hydrogens is 356 g/mol. The minimum Gasteiger partial charge on any atom is -0.325 e. The summed E-state index contributed by atoms with van der Waals surface area (Å²) in [5, 5.41) is 10.6. The lowest BCUT2D eigenvalue weighted by atomic mass is 10.2. The molecular formula is C18H17ClN4OS. The molecule has 0 atom stereocenters. The van der Waals surface area contributed by atoms with Gasteiger partial charge in [-0.25, -0.2) is 4.98 Å². The van der Waals surface area contributed by atoms with Crippen LogP contribution >= 0.6 is 23.4 Å². The first-order valence-corrected chi connectivity index (χ1v) is 9.25. The van der Waals surface area contributed by atoms with E-state index >= 15 is 0 Å². The molecule has 25 heavy (non-hydrogen) atoms. The number of aromatic nitrogens is 3. The highest BCUT2D eigenvalue weighted by molar-refractivity contribution is 7.99. The molecule has 1 heterocycles. The van der Waals surface area contributed by atoms with Crippen molar-refractivity contribution in [2.75, 3.05) is 11.1 Å². The molecule has 3 rings (SSSR count). The first-order chi connectivity index (χ1) is 12.1. The maximum Gasteiger partial charge on any atom is 0.234 e. The summed E-state index contributed by atoms with van der Waals surface area (Å²) in [6, 6.07) is 15.2. The van der Waals surface area contributed by atoms with Gasteiger partial charge in [0.2, 0.25) is 5.91 Å². The molecule has 5 nitrogen and oxygen atoms in total. The molecule has 0 bridgehead atoms. The Morgan fingerprint density at radius 3 is 2.84 bits per heavy atom. The number of carbonyl (C=O) groups excluding carboxylic acids is 1. The second-order valence-corrected chi connectivity index (χ2v) is 6.92. The Kier molecular flexibility index (Phi) is 5.73. The van der Waals surface area contributed by atoms with Gasteiger partial charge in [-0.05, 0) is 36.8 Å². The second kappa shape index (κ2) is 8.18. The molecule has 0 unspecified atom stereocenters. The molecule has 3 aromatic rings. The molecule has 0 radical (unpaired) electrons. The van der Waals surface area contributed by atoms with Crippen LogP contribution in [0.3, 0.4) is 0 Å². The maximum absolute atomic E-state index is 12.1. The lowest BCUT2D eigenvalue weighted by Gasteiger charge is -2.06. The SMILES string of the molecule is Cc1nc(-c2cccc(NC(=O)CSCc3cccc(Cl)c3)c2)n[nH]1. The quantitative estimate of drug-likeness (QED) is 0.676. The highest BCUT2D eigenvalue weighted by Gasteiger charge is 2.07. The summed E-state index contributed by atoms with van der Waals surface area (Å²) in [5.41, 5.74) is 2.69. The number of halogens is 1. The largest absolute Gasteiger partial charge is 0.325 e. The number of amides is 1. The van der Waals surface area contributed by atoms with E-state index in [-0.39, 0.29) is 5.91 Å². The lowest BCUT2D eigenvalue weighted by Crippen LogP contribution is -2.14. The van der Waals surface area contributed by atoms with E-state index in [9.17, 15) is 4.79 Å². The Bertz CT molecular complexity index is 881. The van der Waals surface area contributed by atoms with Crippen LogP contribution in [0, 0.1) is 6.92 Å². The van der Waals surface area contributed by atoms with Crippen LogP contribution in [0.5, 0.6) is 0 Å². The van der Waals surface area contributed by atoms with E-state index in [0.717, 1.165) is 28.4 Å². The van der Waals surface area contributed by atoms with Gasteiger partial charge in [-0.3, -0.25) is 9.89 Å². The third-order valence-electron chi connectivity index (χ3n) is 3.39. The Labute approximate surface area is 155 Å². The minimum atomic E-state index is -0.0460. The van der Waals surface area contributed by atoms with Crippen LogP contribution in [-0.4, -0.2) is 26.8 Å². The summed E-state index contributed by atoms with van der Waals surface area (Å²) < 4.78 is 0. The number of nitrogens with one attached hydrogen (secondary N) is 2. The van der Waals surface area contributed by atoms with Crippen molar-refractivity contribution >= 4 is 35.0 Å². The second-order valence-electron chi connectivity index (χ2n) is 5.50. The summed E-state index contributed by atoms with van der Waals surface area (Å²) >= 11 is 7.51. The first kappa shape index (κ1) is 17.5. The normalized spacial score (nSPS) is 10.6. The average molecular weight is 373 g/mol. The van der Waals surface area contributed by atoms with Crippen molar-refractivity contribution in [2.45, 2.75) is 12.7 Å². The molecule has 0 aliphatic heterocycles. The molecule has 1 amide bonds. The van der Waals surface area contributed by atoms with Gasteiger partial charge in [0.1, 0.15) is 5.82 Å². The summed E-state index contributed by atoms with van der Waals surface area (Å²) in [4.78, 5) is 16.4. The molecule has 0 spiro atoms. The van der Waals surface area contributed by atoms with E-state index in [1.165, 1.54) is 0 Å². The number of benzene rings is 2. The van der Waals surface area contributed by atoms with Gasteiger partial charge in [-0.1, -0.05) is 35.9 Å². The number of thioether (sulfide) groups is 1. The number of hydrogen-bond donors (Lipinski definition) is 2. The van der Waals surface area contributed by atoms with E-state index in [2.05, 4.69) is 20.5 Å². The van der Waals surface area contributed by atoms with Crippen molar-refractivity contribution in [3.05, 3.63) is 64.9 Å². The predicted molar refractivity (Wildman–Crippen MR) is 103 cm³/mol. The number of aromatic amines is 1. The number of aryl methyl sites for hydroxylation is 1. The molecule has 0 saturated carbocycles. The molecule has 2 aromatic carbocycles. The van der Waals surface area contributed by atoms with Crippen molar-refractivity contribution in [1.29, 1.82) is 0 Å². The zero-order valence-electron chi connectivity index (χ0n) is 13.6. The van der Waals surface area contributed by atoms with Crippen LogP contribution < -0.4 is 5.32 Å². The van der Waals surface area contributed by atoms with Crippen LogP contribution in [0.1, 0.15) is 11.4 Å². The minimum absolute atomic E-state index is 0.0460. The van der Waals surface area contributed by atoms with Gasteiger partial charge in [0.25, 0.3) is 0 Å². The van der Waals surface area contributed by atoms with Gasteiger partial charge in [-0.2, -0.15) is 5.10 Å². The Morgan fingerprint density at radius 1 is 1.24 bits per heavy atom. The predicted octanol–water partition coefficient (Wildman–Crippen LogP) is 4.31. The van der Waals surface area contributed by atoms with Crippen LogP contribution in [-0.2, 0) is 10.5 Å². The summed E-state index contributed by atoms with van der Waals surface area (Å²) in [6.45, 7) is 1.85. The fourth-order valence-electron chi connectivity index (χ4n) is 2.29. The summed E-state index contributed by atoms with van der Waals surface area (Å²) in [7, 11) is 0. The highest BCUT2D eigenvalue weighted by atomic mass is 35.5. The van der Waals surface area contributed by atoms with Crippen LogP contribution in [0.2, 0.25) is 5.02 Å². The fourth-order valence-corrected chi connectivity index (χ4v) is 3.28. The zero-order valence-corrected chi connectivity index (χ0v) is 15.2. The van der Waals surface area contributed by atoms with Crippen molar-refractivity contribution in [3.8, 4) is 11.4 Å². The first-order valence-electron chi connectivity index (χ1n) is 7.71. The highest BCUT2D eigenvalue weighted by Crippen LogP contribution is 2.20. The number of rotatable bonds is 6. The molecule has 0 aliphatic rings. The smallest absolute Gasteiger partial charge is 0.234 e. The molecule has 0 saturated heterocycles. The van der Waals surface area contributed by atoms with Gasteiger partial charge >= 0.3 is 0 Å². The summed E-state index contributed by atoms with van der Waals surface area (Å²) in [5.74, 6) is 2.43. The third-order valence-corrected chi connectivity index (χ3v) is 4.63. The van der Waals surface area contributed by atoms with Crippen LogP contribution in [0.4, 0.5) is 5.69 Å². The van der Waals surface area contributed by atoms with E-state index in [1.807, 2.05) is 55.5 Å². The van der Waals surface area contributed by atoms with Crippen molar-refractivity contribution < 1.29 is 4.79 Å². The van der Waals surface area contributed by atoms with E-state index in [4.69, 9.17) is 11.6 Å². The van der Waals surface area contributed by atoms with E-state index in [0.29, 0.717) is 16.6 Å². The van der Waals surface area contributed by atoms with Crippen LogP contribution in [0.25, 0.3) is 11.4 Å². The molecule has 1 aromatic heterocycles.